The molecule has 5 nitrogen and oxygen atoms in total. The molecule has 0 bridgehead atoms. The number of hydrogen-bond acceptors (Lipinski definition) is 3. The number of amides is 1. The first-order valence-corrected chi connectivity index (χ1v) is 8.53. The van der Waals surface area contributed by atoms with Crippen LogP contribution in [0.25, 0.3) is 0 Å². The van der Waals surface area contributed by atoms with Crippen LogP contribution < -0.4 is 10.6 Å². The molecular formula is C20H22N2O3. The maximum atomic E-state index is 12.5. The van der Waals surface area contributed by atoms with E-state index in [4.69, 9.17) is 0 Å². The minimum absolute atomic E-state index is 0.248. The molecule has 2 aromatic rings. The van der Waals surface area contributed by atoms with Gasteiger partial charge in [0.05, 0.1) is 6.04 Å². The Bertz CT molecular complexity index is 673. The van der Waals surface area contributed by atoms with Gasteiger partial charge in [-0.25, -0.2) is 4.79 Å². The first-order valence-electron chi connectivity index (χ1n) is 8.53. The largest absolute Gasteiger partial charge is 0.480 e. The topological polar surface area (TPSA) is 78.4 Å². The fourth-order valence-electron chi connectivity index (χ4n) is 3.35. The first-order chi connectivity index (χ1) is 12.2. The summed E-state index contributed by atoms with van der Waals surface area (Å²) in [5.74, 6) is -1.74. The molecule has 1 saturated heterocycles. The number of rotatable bonds is 6. The number of carboxylic acid groups (broad SMARTS) is 1. The summed E-state index contributed by atoms with van der Waals surface area (Å²) in [5, 5.41) is 15.7. The fraction of sp³-hybridized carbons (Fsp3) is 0.300. The third-order valence-electron chi connectivity index (χ3n) is 4.59. The zero-order chi connectivity index (χ0) is 17.6. The van der Waals surface area contributed by atoms with Gasteiger partial charge in [-0.05, 0) is 30.5 Å². The Morgan fingerprint density at radius 3 is 2.00 bits per heavy atom. The van der Waals surface area contributed by atoms with Gasteiger partial charge in [0, 0.05) is 5.92 Å². The van der Waals surface area contributed by atoms with Crippen LogP contribution in [-0.2, 0) is 9.59 Å². The van der Waals surface area contributed by atoms with Gasteiger partial charge in [0.1, 0.15) is 6.04 Å². The van der Waals surface area contributed by atoms with E-state index in [1.54, 1.807) is 0 Å². The van der Waals surface area contributed by atoms with Crippen LogP contribution in [0.5, 0.6) is 0 Å². The molecule has 0 saturated carbocycles. The molecule has 1 aliphatic rings. The smallest absolute Gasteiger partial charge is 0.327 e. The maximum Gasteiger partial charge on any atom is 0.327 e. The Morgan fingerprint density at radius 2 is 1.56 bits per heavy atom. The number of nitrogens with one attached hydrogen (secondary N) is 2. The van der Waals surface area contributed by atoms with Crippen LogP contribution in [0.3, 0.4) is 0 Å². The predicted molar refractivity (Wildman–Crippen MR) is 95.3 cm³/mol. The third kappa shape index (κ3) is 4.06. The van der Waals surface area contributed by atoms with E-state index in [1.165, 1.54) is 0 Å². The Hall–Kier alpha value is -2.66. The molecule has 0 aromatic heterocycles. The Morgan fingerprint density at radius 1 is 1.00 bits per heavy atom. The molecule has 0 radical (unpaired) electrons. The number of carboxylic acids is 1. The molecule has 0 aliphatic carbocycles. The van der Waals surface area contributed by atoms with Gasteiger partial charge in [-0.1, -0.05) is 60.7 Å². The summed E-state index contributed by atoms with van der Waals surface area (Å²) in [6.45, 7) is 0.788. The van der Waals surface area contributed by atoms with E-state index in [9.17, 15) is 14.7 Å². The molecule has 1 aliphatic heterocycles. The van der Waals surface area contributed by atoms with Crippen LogP contribution in [0, 0.1) is 0 Å². The van der Waals surface area contributed by atoms with Gasteiger partial charge >= 0.3 is 5.97 Å². The maximum absolute atomic E-state index is 12.5. The Balaban J connectivity index is 1.93. The molecule has 2 atom stereocenters. The van der Waals surface area contributed by atoms with E-state index in [2.05, 4.69) is 10.6 Å². The summed E-state index contributed by atoms with van der Waals surface area (Å²) in [6, 6.07) is 17.5. The Labute approximate surface area is 147 Å². The summed E-state index contributed by atoms with van der Waals surface area (Å²) in [5.41, 5.74) is 1.72. The van der Waals surface area contributed by atoms with Gasteiger partial charge in [-0.3, -0.25) is 4.79 Å². The van der Waals surface area contributed by atoms with Crippen LogP contribution in [-0.4, -0.2) is 35.6 Å². The van der Waals surface area contributed by atoms with Gasteiger partial charge in [0.25, 0.3) is 0 Å². The van der Waals surface area contributed by atoms with Crippen molar-refractivity contribution in [2.45, 2.75) is 30.8 Å². The highest BCUT2D eigenvalue weighted by atomic mass is 16.4. The summed E-state index contributed by atoms with van der Waals surface area (Å²) in [7, 11) is 0. The highest BCUT2D eigenvalue weighted by molar-refractivity contribution is 5.88. The van der Waals surface area contributed by atoms with Gasteiger partial charge < -0.3 is 15.7 Å². The molecule has 2 aromatic carbocycles. The molecular weight excluding hydrogens is 316 g/mol. The summed E-state index contributed by atoms with van der Waals surface area (Å²) >= 11 is 0. The second-order valence-corrected chi connectivity index (χ2v) is 6.27. The molecule has 130 valence electrons. The number of benzene rings is 2. The van der Waals surface area contributed by atoms with Crippen molar-refractivity contribution < 1.29 is 14.7 Å². The van der Waals surface area contributed by atoms with Crippen LogP contribution >= 0.6 is 0 Å². The molecule has 25 heavy (non-hydrogen) atoms. The minimum atomic E-state index is -1.04. The SMILES string of the molecule is O=C(NC(C(=O)O)C(c1ccccc1)c1ccccc1)C1CCCN1. The fourth-order valence-corrected chi connectivity index (χ4v) is 3.35. The molecule has 3 N–H and O–H groups in total. The normalized spacial score (nSPS) is 18.0. The van der Waals surface area contributed by atoms with Crippen LogP contribution in [0.2, 0.25) is 0 Å². The predicted octanol–water partition coefficient (Wildman–Crippen LogP) is 2.14. The van der Waals surface area contributed by atoms with Crippen molar-refractivity contribution in [1.82, 2.24) is 10.6 Å². The molecule has 3 rings (SSSR count). The van der Waals surface area contributed by atoms with Gasteiger partial charge in [0.15, 0.2) is 0 Å². The van der Waals surface area contributed by atoms with E-state index in [0.717, 1.165) is 30.5 Å². The molecule has 1 fully saturated rings. The standard InChI is InChI=1S/C20H22N2O3/c23-19(16-12-7-13-21-16)22-18(20(24)25)17(14-8-3-1-4-9-14)15-10-5-2-6-11-15/h1-6,8-11,16-18,21H,7,12-13H2,(H,22,23)(H,24,25). The van der Waals surface area contributed by atoms with Crippen molar-refractivity contribution in [3.63, 3.8) is 0 Å². The second kappa shape index (κ2) is 7.94. The third-order valence-corrected chi connectivity index (χ3v) is 4.59. The molecule has 5 heteroatoms. The van der Waals surface area contributed by atoms with Crippen molar-refractivity contribution in [1.29, 1.82) is 0 Å². The van der Waals surface area contributed by atoms with Crippen LogP contribution in [0.4, 0.5) is 0 Å². The number of aliphatic carboxylic acids is 1. The lowest BCUT2D eigenvalue weighted by Gasteiger charge is -2.27. The number of hydrogen-bond donors (Lipinski definition) is 3. The van der Waals surface area contributed by atoms with Crippen molar-refractivity contribution in [2.75, 3.05) is 6.54 Å². The zero-order valence-corrected chi connectivity index (χ0v) is 13.9. The number of carbonyl (C=O) groups is 2. The monoisotopic (exact) mass is 338 g/mol. The summed E-state index contributed by atoms with van der Waals surface area (Å²) in [6.07, 6.45) is 1.66. The lowest BCUT2D eigenvalue weighted by atomic mass is 9.85. The highest BCUT2D eigenvalue weighted by Gasteiger charge is 2.34. The van der Waals surface area contributed by atoms with Crippen molar-refractivity contribution in [2.24, 2.45) is 0 Å². The molecule has 0 spiro atoms. The van der Waals surface area contributed by atoms with Crippen molar-refractivity contribution in [3.05, 3.63) is 71.8 Å². The van der Waals surface area contributed by atoms with Crippen LogP contribution in [0.1, 0.15) is 29.9 Å². The lowest BCUT2D eigenvalue weighted by molar-refractivity contribution is -0.142. The van der Waals surface area contributed by atoms with Gasteiger partial charge in [-0.2, -0.15) is 0 Å². The van der Waals surface area contributed by atoms with E-state index in [-0.39, 0.29) is 11.9 Å². The molecule has 2 unspecified atom stereocenters. The van der Waals surface area contributed by atoms with E-state index < -0.39 is 17.9 Å². The molecule has 1 amide bonds. The van der Waals surface area contributed by atoms with E-state index in [1.807, 2.05) is 60.7 Å². The first kappa shape index (κ1) is 17.2. The molecule has 1 heterocycles. The summed E-state index contributed by atoms with van der Waals surface area (Å²) in [4.78, 5) is 24.5. The highest BCUT2D eigenvalue weighted by Crippen LogP contribution is 2.28. The zero-order valence-electron chi connectivity index (χ0n) is 13.9. The van der Waals surface area contributed by atoms with E-state index in [0.29, 0.717) is 0 Å². The summed E-state index contributed by atoms with van der Waals surface area (Å²) < 4.78 is 0. The quantitative estimate of drug-likeness (QED) is 0.754. The van der Waals surface area contributed by atoms with Gasteiger partial charge in [-0.15, -0.1) is 0 Å². The van der Waals surface area contributed by atoms with Crippen molar-refractivity contribution >= 4 is 11.9 Å². The van der Waals surface area contributed by atoms with E-state index >= 15 is 0 Å². The number of carbonyl (C=O) groups excluding carboxylic acids is 1. The average Bonchev–Trinajstić information content (AvgIpc) is 3.17. The lowest BCUT2D eigenvalue weighted by Crippen LogP contribution is -2.50. The minimum Gasteiger partial charge on any atom is -0.480 e. The Kier molecular flexibility index (Phi) is 5.46. The van der Waals surface area contributed by atoms with Crippen LogP contribution in [0.15, 0.2) is 60.7 Å². The average molecular weight is 338 g/mol. The van der Waals surface area contributed by atoms with Gasteiger partial charge in [0.2, 0.25) is 5.91 Å². The second-order valence-electron chi connectivity index (χ2n) is 6.27. The van der Waals surface area contributed by atoms with Crippen molar-refractivity contribution in [3.8, 4) is 0 Å².